The molecule has 1 rings (SSSR count). The zero-order valence-electron chi connectivity index (χ0n) is 18.2. The van der Waals surface area contributed by atoms with Crippen LogP contribution in [0.15, 0.2) is 0 Å². The Kier molecular flexibility index (Phi) is 5.52. The van der Waals surface area contributed by atoms with Crippen molar-refractivity contribution in [2.45, 2.75) is 101 Å². The molecular formula is C21H39NO3. The highest BCUT2D eigenvalue weighted by molar-refractivity contribution is 5.89. The van der Waals surface area contributed by atoms with E-state index in [4.69, 9.17) is 4.74 Å². The molecular weight excluding hydrogens is 314 g/mol. The maximum Gasteiger partial charge on any atom is 0.407 e. The quantitative estimate of drug-likeness (QED) is 0.691. The number of carbonyl (C=O) groups excluding carboxylic acids is 2. The lowest BCUT2D eigenvalue weighted by Gasteiger charge is -2.53. The second-order valence-electron chi connectivity index (χ2n) is 11.5. The van der Waals surface area contributed by atoms with Crippen molar-refractivity contribution in [2.75, 3.05) is 0 Å². The highest BCUT2D eigenvalue weighted by Gasteiger charge is 2.53. The van der Waals surface area contributed by atoms with Gasteiger partial charge in [0.25, 0.3) is 0 Å². The number of ether oxygens (including phenoxy) is 1. The topological polar surface area (TPSA) is 55.4 Å². The molecule has 0 heterocycles. The molecule has 0 aromatic heterocycles. The van der Waals surface area contributed by atoms with Crippen LogP contribution in [-0.4, -0.2) is 23.5 Å². The van der Waals surface area contributed by atoms with E-state index in [0.717, 1.165) is 0 Å². The number of ketones is 1. The third-order valence-corrected chi connectivity index (χ3v) is 5.25. The van der Waals surface area contributed by atoms with Crippen molar-refractivity contribution in [3.05, 3.63) is 0 Å². The van der Waals surface area contributed by atoms with Gasteiger partial charge in [0, 0.05) is 16.9 Å². The number of alkyl carbamates (subject to hydrolysis) is 1. The highest BCUT2D eigenvalue weighted by Crippen LogP contribution is 2.52. The summed E-state index contributed by atoms with van der Waals surface area (Å²) in [6.45, 7) is 22.3. The van der Waals surface area contributed by atoms with Crippen molar-refractivity contribution < 1.29 is 14.3 Å². The molecule has 146 valence electrons. The van der Waals surface area contributed by atoms with Gasteiger partial charge in [-0.1, -0.05) is 55.4 Å². The fourth-order valence-electron chi connectivity index (χ4n) is 5.43. The van der Waals surface area contributed by atoms with Gasteiger partial charge < -0.3 is 10.1 Å². The molecule has 0 aromatic rings. The summed E-state index contributed by atoms with van der Waals surface area (Å²) in [6.07, 6.45) is 1.04. The minimum atomic E-state index is -0.533. The fourth-order valence-corrected chi connectivity index (χ4v) is 5.43. The van der Waals surface area contributed by atoms with Crippen LogP contribution < -0.4 is 5.32 Å². The standard InChI is InChI=1S/C21H39NO3/c1-17(2,3)25-16(24)22-14-18(4,5)12-20(8,9)15(23)21(10,11)13-19(14,6)7/h14H,12-13H2,1-11H3,(H,22,24). The largest absolute Gasteiger partial charge is 0.444 e. The first-order chi connectivity index (χ1) is 10.8. The van der Waals surface area contributed by atoms with E-state index in [-0.39, 0.29) is 23.0 Å². The molecule has 1 saturated carbocycles. The molecule has 0 atom stereocenters. The van der Waals surface area contributed by atoms with Crippen molar-refractivity contribution in [1.82, 2.24) is 5.32 Å². The molecule has 0 radical (unpaired) electrons. The van der Waals surface area contributed by atoms with Crippen LogP contribution in [0, 0.1) is 21.7 Å². The first-order valence-corrected chi connectivity index (χ1v) is 9.35. The predicted octanol–water partition coefficient (Wildman–Crippen LogP) is 5.35. The van der Waals surface area contributed by atoms with Gasteiger partial charge in [0.2, 0.25) is 0 Å². The normalized spacial score (nSPS) is 25.6. The Balaban J connectivity index is 3.28. The first-order valence-electron chi connectivity index (χ1n) is 9.35. The summed E-state index contributed by atoms with van der Waals surface area (Å²) in [5, 5.41) is 3.14. The number of hydrogen-bond acceptors (Lipinski definition) is 3. The van der Waals surface area contributed by atoms with Gasteiger partial charge in [-0.2, -0.15) is 0 Å². The Morgan fingerprint density at radius 2 is 1.28 bits per heavy atom. The summed E-state index contributed by atoms with van der Waals surface area (Å²) in [4.78, 5) is 25.6. The second-order valence-corrected chi connectivity index (χ2v) is 11.5. The molecule has 25 heavy (non-hydrogen) atoms. The van der Waals surface area contributed by atoms with Gasteiger partial charge in [-0.25, -0.2) is 4.79 Å². The molecule has 1 N–H and O–H groups in total. The minimum Gasteiger partial charge on any atom is -0.444 e. The van der Waals surface area contributed by atoms with Crippen LogP contribution in [-0.2, 0) is 9.53 Å². The Bertz CT molecular complexity index is 504. The molecule has 0 aromatic carbocycles. The highest BCUT2D eigenvalue weighted by atomic mass is 16.6. The minimum absolute atomic E-state index is 0.0958. The van der Waals surface area contributed by atoms with E-state index in [0.29, 0.717) is 18.6 Å². The van der Waals surface area contributed by atoms with E-state index < -0.39 is 16.4 Å². The molecule has 4 nitrogen and oxygen atoms in total. The summed E-state index contributed by atoms with van der Waals surface area (Å²) >= 11 is 0. The Hall–Kier alpha value is -1.06. The van der Waals surface area contributed by atoms with Crippen LogP contribution >= 0.6 is 0 Å². The van der Waals surface area contributed by atoms with E-state index in [9.17, 15) is 9.59 Å². The van der Waals surface area contributed by atoms with Gasteiger partial charge in [0.05, 0.1) is 0 Å². The molecule has 1 amide bonds. The van der Waals surface area contributed by atoms with Crippen molar-refractivity contribution >= 4 is 11.9 Å². The van der Waals surface area contributed by atoms with Crippen LogP contribution in [0.3, 0.4) is 0 Å². The molecule has 0 bridgehead atoms. The average Bonchev–Trinajstić information content (AvgIpc) is 2.28. The zero-order valence-corrected chi connectivity index (χ0v) is 18.2. The number of hydrogen-bond donors (Lipinski definition) is 1. The van der Waals surface area contributed by atoms with Gasteiger partial charge in [-0.05, 0) is 44.4 Å². The van der Waals surface area contributed by atoms with Crippen molar-refractivity contribution in [3.8, 4) is 0 Å². The van der Waals surface area contributed by atoms with Crippen LogP contribution in [0.1, 0.15) is 89.0 Å². The molecule has 1 fully saturated rings. The monoisotopic (exact) mass is 353 g/mol. The lowest BCUT2D eigenvalue weighted by atomic mass is 9.53. The number of carbonyl (C=O) groups is 2. The Morgan fingerprint density at radius 3 is 1.60 bits per heavy atom. The summed E-state index contributed by atoms with van der Waals surface area (Å²) in [6, 6.07) is -0.0958. The number of amides is 1. The van der Waals surface area contributed by atoms with E-state index >= 15 is 0 Å². The lowest BCUT2D eigenvalue weighted by Crippen LogP contribution is -2.59. The Morgan fingerprint density at radius 1 is 0.920 bits per heavy atom. The van der Waals surface area contributed by atoms with Crippen LogP contribution in [0.4, 0.5) is 4.79 Å². The van der Waals surface area contributed by atoms with Crippen LogP contribution in [0.5, 0.6) is 0 Å². The molecule has 4 heteroatoms. The third kappa shape index (κ3) is 5.21. The molecule has 1 aliphatic carbocycles. The Labute approximate surface area is 154 Å². The maximum absolute atomic E-state index is 13.1. The first kappa shape index (κ1) is 22.0. The smallest absolute Gasteiger partial charge is 0.407 e. The zero-order chi connectivity index (χ0) is 20.1. The average molecular weight is 354 g/mol. The van der Waals surface area contributed by atoms with Crippen LogP contribution in [0.25, 0.3) is 0 Å². The van der Waals surface area contributed by atoms with E-state index in [1.807, 2.05) is 48.5 Å². The van der Waals surface area contributed by atoms with Crippen molar-refractivity contribution in [1.29, 1.82) is 0 Å². The lowest BCUT2D eigenvalue weighted by molar-refractivity contribution is -0.143. The summed E-state index contributed by atoms with van der Waals surface area (Å²) in [5.74, 6) is 0.303. The van der Waals surface area contributed by atoms with E-state index in [1.165, 1.54) is 0 Å². The maximum atomic E-state index is 13.1. The molecule has 1 aliphatic rings. The van der Waals surface area contributed by atoms with E-state index in [2.05, 4.69) is 33.0 Å². The fraction of sp³-hybridized carbons (Fsp3) is 0.905. The molecule has 0 unspecified atom stereocenters. The molecule has 0 aliphatic heterocycles. The van der Waals surface area contributed by atoms with Crippen LogP contribution in [0.2, 0.25) is 0 Å². The summed E-state index contributed by atoms with van der Waals surface area (Å²) in [7, 11) is 0. The number of Topliss-reactive ketones (excluding diaryl/α,β-unsaturated/α-hetero) is 1. The van der Waals surface area contributed by atoms with Crippen molar-refractivity contribution in [2.24, 2.45) is 21.7 Å². The van der Waals surface area contributed by atoms with Crippen molar-refractivity contribution in [3.63, 3.8) is 0 Å². The SMILES string of the molecule is CC(C)(C)OC(=O)NC1C(C)(C)CC(C)(C)C(=O)C(C)(C)CC1(C)C. The predicted molar refractivity (Wildman–Crippen MR) is 103 cm³/mol. The summed E-state index contributed by atoms with van der Waals surface area (Å²) < 4.78 is 5.51. The van der Waals surface area contributed by atoms with Gasteiger partial charge in [-0.3, -0.25) is 4.79 Å². The second kappa shape index (κ2) is 6.28. The van der Waals surface area contributed by atoms with Gasteiger partial charge in [0.15, 0.2) is 0 Å². The van der Waals surface area contributed by atoms with Gasteiger partial charge in [0.1, 0.15) is 11.4 Å². The molecule has 0 spiro atoms. The number of nitrogens with one attached hydrogen (secondary N) is 1. The van der Waals surface area contributed by atoms with Gasteiger partial charge in [-0.15, -0.1) is 0 Å². The summed E-state index contributed by atoms with van der Waals surface area (Å²) in [5.41, 5.74) is -1.88. The number of rotatable bonds is 1. The van der Waals surface area contributed by atoms with E-state index in [1.54, 1.807) is 0 Å². The third-order valence-electron chi connectivity index (χ3n) is 5.25. The molecule has 0 saturated heterocycles. The van der Waals surface area contributed by atoms with Gasteiger partial charge >= 0.3 is 6.09 Å².